The molecule has 1 aliphatic rings. The molecule has 0 bridgehead atoms. The van der Waals surface area contributed by atoms with Crippen molar-refractivity contribution in [2.75, 3.05) is 6.54 Å². The van der Waals surface area contributed by atoms with Gasteiger partial charge in [-0.3, -0.25) is 9.59 Å². The van der Waals surface area contributed by atoms with Crippen LogP contribution in [0.2, 0.25) is 0 Å². The summed E-state index contributed by atoms with van der Waals surface area (Å²) in [6.07, 6.45) is 0.585. The minimum Gasteiger partial charge on any atom is -0.489 e. The topological polar surface area (TPSA) is 75.6 Å². The van der Waals surface area contributed by atoms with E-state index in [9.17, 15) is 9.59 Å². The highest BCUT2D eigenvalue weighted by Gasteiger charge is 2.56. The number of carboxylic acids is 1. The third-order valence-corrected chi connectivity index (χ3v) is 3.77. The van der Waals surface area contributed by atoms with Crippen LogP contribution in [0.4, 0.5) is 0 Å². The Morgan fingerprint density at radius 2 is 2.20 bits per heavy atom. The maximum atomic E-state index is 11.8. The summed E-state index contributed by atoms with van der Waals surface area (Å²) >= 11 is 3.35. The van der Waals surface area contributed by atoms with Crippen LogP contribution in [0.1, 0.15) is 19.8 Å². The van der Waals surface area contributed by atoms with Gasteiger partial charge in [-0.2, -0.15) is 0 Å². The molecule has 0 radical (unpaired) electrons. The minimum atomic E-state index is -1.20. The van der Waals surface area contributed by atoms with E-state index >= 15 is 0 Å². The molecular formula is C14H16BrNO4. The fourth-order valence-corrected chi connectivity index (χ4v) is 2.26. The van der Waals surface area contributed by atoms with Crippen LogP contribution in [-0.4, -0.2) is 29.6 Å². The molecule has 6 heteroatoms. The third-order valence-electron chi connectivity index (χ3n) is 3.28. The Labute approximate surface area is 125 Å². The summed E-state index contributed by atoms with van der Waals surface area (Å²) in [6.45, 7) is 2.10. The second kappa shape index (κ2) is 5.83. The molecule has 5 nitrogen and oxygen atoms in total. The number of amides is 1. The lowest BCUT2D eigenvalue weighted by Gasteiger charge is -2.17. The van der Waals surface area contributed by atoms with Gasteiger partial charge in [-0.25, -0.2) is 0 Å². The van der Waals surface area contributed by atoms with Gasteiger partial charge in [0.15, 0.2) is 0 Å². The van der Waals surface area contributed by atoms with Gasteiger partial charge in [-0.1, -0.05) is 22.0 Å². The smallest absolute Gasteiger partial charge is 0.319 e. The molecule has 0 aliphatic heterocycles. The van der Waals surface area contributed by atoms with E-state index in [4.69, 9.17) is 9.84 Å². The van der Waals surface area contributed by atoms with Crippen molar-refractivity contribution >= 4 is 27.8 Å². The quantitative estimate of drug-likeness (QED) is 0.777. The number of rotatable bonds is 6. The van der Waals surface area contributed by atoms with Crippen LogP contribution in [0.25, 0.3) is 0 Å². The van der Waals surface area contributed by atoms with Crippen molar-refractivity contribution in [2.24, 2.45) is 5.41 Å². The largest absolute Gasteiger partial charge is 0.489 e. The van der Waals surface area contributed by atoms with Crippen molar-refractivity contribution in [1.29, 1.82) is 0 Å². The van der Waals surface area contributed by atoms with Gasteiger partial charge in [0.2, 0.25) is 5.91 Å². The van der Waals surface area contributed by atoms with Crippen molar-refractivity contribution in [2.45, 2.75) is 25.9 Å². The van der Waals surface area contributed by atoms with E-state index in [1.54, 1.807) is 0 Å². The Bertz CT molecular complexity index is 528. The molecule has 0 heterocycles. The van der Waals surface area contributed by atoms with Crippen molar-refractivity contribution in [3.05, 3.63) is 28.7 Å². The summed E-state index contributed by atoms with van der Waals surface area (Å²) in [7, 11) is 0. The van der Waals surface area contributed by atoms with Crippen molar-refractivity contribution < 1.29 is 19.4 Å². The third kappa shape index (κ3) is 3.30. The number of carboxylic acid groups (broad SMARTS) is 1. The zero-order valence-electron chi connectivity index (χ0n) is 11.1. The monoisotopic (exact) mass is 341 g/mol. The Morgan fingerprint density at radius 1 is 1.50 bits per heavy atom. The molecule has 0 aromatic heterocycles. The molecular weight excluding hydrogens is 326 g/mol. The SMILES string of the molecule is CC(CNC(=O)C1(C(=O)O)CC1)Oc1cccc(Br)c1. The molecule has 1 unspecified atom stereocenters. The van der Waals surface area contributed by atoms with Gasteiger partial charge in [-0.05, 0) is 38.0 Å². The number of hydrogen-bond donors (Lipinski definition) is 2. The zero-order valence-corrected chi connectivity index (χ0v) is 12.6. The van der Waals surface area contributed by atoms with Crippen LogP contribution in [0, 0.1) is 5.41 Å². The van der Waals surface area contributed by atoms with E-state index in [2.05, 4.69) is 21.2 Å². The summed E-state index contributed by atoms with van der Waals surface area (Å²) in [4.78, 5) is 22.8. The summed E-state index contributed by atoms with van der Waals surface area (Å²) < 4.78 is 6.56. The lowest BCUT2D eigenvalue weighted by atomic mass is 10.1. The summed E-state index contributed by atoms with van der Waals surface area (Å²) in [5, 5.41) is 11.7. The van der Waals surface area contributed by atoms with Gasteiger partial charge in [0, 0.05) is 4.47 Å². The Morgan fingerprint density at radius 3 is 2.75 bits per heavy atom. The normalized spacial score (nSPS) is 17.1. The maximum Gasteiger partial charge on any atom is 0.319 e. The Balaban J connectivity index is 1.82. The summed E-state index contributed by atoms with van der Waals surface area (Å²) in [6, 6.07) is 7.40. The molecule has 108 valence electrons. The predicted molar refractivity (Wildman–Crippen MR) is 76.5 cm³/mol. The first-order valence-corrected chi connectivity index (χ1v) is 7.17. The molecule has 2 N–H and O–H groups in total. The lowest BCUT2D eigenvalue weighted by molar-refractivity contribution is -0.149. The molecule has 20 heavy (non-hydrogen) atoms. The zero-order chi connectivity index (χ0) is 14.8. The highest BCUT2D eigenvalue weighted by molar-refractivity contribution is 9.10. The van der Waals surface area contributed by atoms with Gasteiger partial charge in [-0.15, -0.1) is 0 Å². The van der Waals surface area contributed by atoms with E-state index in [0.29, 0.717) is 18.6 Å². The van der Waals surface area contributed by atoms with Crippen LogP contribution in [0.5, 0.6) is 5.75 Å². The maximum absolute atomic E-state index is 11.8. The van der Waals surface area contributed by atoms with E-state index in [-0.39, 0.29) is 12.6 Å². The molecule has 1 saturated carbocycles. The summed E-state index contributed by atoms with van der Waals surface area (Å²) in [5.74, 6) is -0.772. The fraction of sp³-hybridized carbons (Fsp3) is 0.429. The molecule has 1 aromatic rings. The molecule has 1 atom stereocenters. The second-order valence-electron chi connectivity index (χ2n) is 4.98. The number of carbonyl (C=O) groups is 2. The standard InChI is InChI=1S/C14H16BrNO4/c1-9(20-11-4-2-3-10(15)7-11)8-16-12(17)14(5-6-14)13(18)19/h2-4,7,9H,5-6,8H2,1H3,(H,16,17)(H,18,19). The summed E-state index contributed by atoms with van der Waals surface area (Å²) in [5.41, 5.74) is -1.20. The van der Waals surface area contributed by atoms with Crippen LogP contribution in [-0.2, 0) is 9.59 Å². The van der Waals surface area contributed by atoms with E-state index in [1.165, 1.54) is 0 Å². The van der Waals surface area contributed by atoms with Crippen molar-refractivity contribution in [3.8, 4) is 5.75 Å². The average Bonchev–Trinajstić information content (AvgIpc) is 3.17. The number of aliphatic carboxylic acids is 1. The second-order valence-corrected chi connectivity index (χ2v) is 5.90. The average molecular weight is 342 g/mol. The molecule has 1 amide bonds. The van der Waals surface area contributed by atoms with E-state index < -0.39 is 17.3 Å². The van der Waals surface area contributed by atoms with E-state index in [0.717, 1.165) is 4.47 Å². The van der Waals surface area contributed by atoms with Crippen LogP contribution < -0.4 is 10.1 Å². The van der Waals surface area contributed by atoms with Crippen LogP contribution in [0.15, 0.2) is 28.7 Å². The fourth-order valence-electron chi connectivity index (χ4n) is 1.88. The highest BCUT2D eigenvalue weighted by atomic mass is 79.9. The molecule has 0 spiro atoms. The Kier molecular flexibility index (Phi) is 4.32. The molecule has 0 saturated heterocycles. The van der Waals surface area contributed by atoms with Gasteiger partial charge in [0.25, 0.3) is 0 Å². The Hall–Kier alpha value is -1.56. The number of nitrogens with one attached hydrogen (secondary N) is 1. The van der Waals surface area contributed by atoms with Gasteiger partial charge in [0.1, 0.15) is 17.3 Å². The molecule has 1 fully saturated rings. The number of hydrogen-bond acceptors (Lipinski definition) is 3. The number of halogens is 1. The lowest BCUT2D eigenvalue weighted by Crippen LogP contribution is -2.41. The van der Waals surface area contributed by atoms with Gasteiger partial charge < -0.3 is 15.2 Å². The first kappa shape index (κ1) is 14.8. The number of ether oxygens (including phenoxy) is 1. The van der Waals surface area contributed by atoms with E-state index in [1.807, 2.05) is 31.2 Å². The minimum absolute atomic E-state index is 0.238. The highest BCUT2D eigenvalue weighted by Crippen LogP contribution is 2.46. The number of carbonyl (C=O) groups excluding carboxylic acids is 1. The van der Waals surface area contributed by atoms with Gasteiger partial charge >= 0.3 is 5.97 Å². The molecule has 1 aromatic carbocycles. The van der Waals surface area contributed by atoms with Crippen molar-refractivity contribution in [1.82, 2.24) is 5.32 Å². The van der Waals surface area contributed by atoms with Gasteiger partial charge in [0.05, 0.1) is 6.54 Å². The van der Waals surface area contributed by atoms with Crippen molar-refractivity contribution in [3.63, 3.8) is 0 Å². The van der Waals surface area contributed by atoms with Crippen LogP contribution in [0.3, 0.4) is 0 Å². The first-order valence-electron chi connectivity index (χ1n) is 6.38. The predicted octanol–water partition coefficient (Wildman–Crippen LogP) is 2.20. The first-order chi connectivity index (χ1) is 9.44. The molecule has 1 aliphatic carbocycles. The molecule has 2 rings (SSSR count). The number of benzene rings is 1. The van der Waals surface area contributed by atoms with Crippen LogP contribution >= 0.6 is 15.9 Å².